The SMILES string of the molecule is O=C1NCC2(CNCCCOc3ccc(cc3)CNc3nc(nc(OCC(F)(F)F)n3)Cc3ccc1cc3)COC2. The topological polar surface area (TPSA) is 120 Å². The summed E-state index contributed by atoms with van der Waals surface area (Å²) in [4.78, 5) is 25.3. The normalized spacial score (nSPS) is 18.0. The maximum Gasteiger partial charge on any atom is 0.422 e. The van der Waals surface area contributed by atoms with Gasteiger partial charge in [-0.05, 0) is 48.4 Å². The first-order valence-corrected chi connectivity index (χ1v) is 13.3. The quantitative estimate of drug-likeness (QED) is 0.426. The zero-order chi connectivity index (χ0) is 28.7. The summed E-state index contributed by atoms with van der Waals surface area (Å²) in [6.45, 7) is 2.43. The third-order valence-corrected chi connectivity index (χ3v) is 6.69. The van der Waals surface area contributed by atoms with Gasteiger partial charge in [0.2, 0.25) is 5.95 Å². The summed E-state index contributed by atoms with van der Waals surface area (Å²) < 4.78 is 54.4. The Morgan fingerprint density at radius 3 is 2.39 bits per heavy atom. The molecule has 6 heterocycles. The molecule has 1 amide bonds. The number of amides is 1. The summed E-state index contributed by atoms with van der Waals surface area (Å²) in [5.41, 5.74) is 1.99. The summed E-state index contributed by atoms with van der Waals surface area (Å²) in [7, 11) is 0. The summed E-state index contributed by atoms with van der Waals surface area (Å²) in [5, 5.41) is 9.49. The third kappa shape index (κ3) is 8.27. The molecular weight excluding hydrogens is 541 g/mol. The van der Waals surface area contributed by atoms with Crippen LogP contribution in [0.3, 0.4) is 0 Å². The van der Waals surface area contributed by atoms with Crippen molar-refractivity contribution in [3.8, 4) is 11.8 Å². The molecule has 13 heteroatoms. The fourth-order valence-corrected chi connectivity index (χ4v) is 4.38. The Morgan fingerprint density at radius 1 is 0.927 bits per heavy atom. The van der Waals surface area contributed by atoms with E-state index in [1.165, 1.54) is 0 Å². The number of hydrogen-bond donors (Lipinski definition) is 3. The predicted octanol–water partition coefficient (Wildman–Crippen LogP) is 3.13. The van der Waals surface area contributed by atoms with Crippen LogP contribution in [-0.2, 0) is 17.7 Å². The number of aromatic nitrogens is 3. The van der Waals surface area contributed by atoms with E-state index in [0.29, 0.717) is 38.5 Å². The molecule has 1 saturated heterocycles. The summed E-state index contributed by atoms with van der Waals surface area (Å²) in [6.07, 6.45) is -3.54. The highest BCUT2D eigenvalue weighted by Crippen LogP contribution is 2.26. The van der Waals surface area contributed by atoms with E-state index in [1.54, 1.807) is 24.3 Å². The zero-order valence-corrected chi connectivity index (χ0v) is 22.3. The Bertz CT molecular complexity index is 1320. The first kappa shape index (κ1) is 28.6. The van der Waals surface area contributed by atoms with Gasteiger partial charge in [0.15, 0.2) is 6.61 Å². The molecule has 218 valence electrons. The van der Waals surface area contributed by atoms with Crippen molar-refractivity contribution in [1.82, 2.24) is 25.6 Å². The molecule has 5 aliphatic heterocycles. The van der Waals surface area contributed by atoms with Crippen LogP contribution in [0.25, 0.3) is 0 Å². The van der Waals surface area contributed by atoms with Crippen LogP contribution >= 0.6 is 0 Å². The number of carbonyl (C=O) groups is 1. The van der Waals surface area contributed by atoms with Gasteiger partial charge in [-0.2, -0.15) is 28.1 Å². The van der Waals surface area contributed by atoms with Gasteiger partial charge in [0.25, 0.3) is 5.91 Å². The first-order valence-electron chi connectivity index (χ1n) is 13.3. The molecule has 10 nitrogen and oxygen atoms in total. The predicted molar refractivity (Wildman–Crippen MR) is 143 cm³/mol. The van der Waals surface area contributed by atoms with Gasteiger partial charge in [0, 0.05) is 37.0 Å². The van der Waals surface area contributed by atoms with Crippen LogP contribution in [0.5, 0.6) is 11.8 Å². The number of carbonyl (C=O) groups excluding carboxylic acids is 1. The number of ether oxygens (including phenoxy) is 3. The Labute approximate surface area is 235 Å². The maximum absolute atomic E-state index is 12.8. The molecule has 3 aromatic rings. The molecule has 0 aliphatic carbocycles. The van der Waals surface area contributed by atoms with Crippen molar-refractivity contribution in [3.63, 3.8) is 0 Å². The van der Waals surface area contributed by atoms with E-state index in [-0.39, 0.29) is 29.5 Å². The number of nitrogens with zero attached hydrogens (tertiary/aromatic N) is 3. The van der Waals surface area contributed by atoms with Gasteiger partial charge in [-0.25, -0.2) is 0 Å². The molecule has 3 N–H and O–H groups in total. The van der Waals surface area contributed by atoms with Crippen LogP contribution < -0.4 is 25.4 Å². The van der Waals surface area contributed by atoms with E-state index in [4.69, 9.17) is 14.2 Å². The van der Waals surface area contributed by atoms with Gasteiger partial charge in [-0.3, -0.25) is 4.79 Å². The fourth-order valence-electron chi connectivity index (χ4n) is 4.38. The highest BCUT2D eigenvalue weighted by Gasteiger charge is 2.38. The molecule has 0 saturated carbocycles. The minimum atomic E-state index is -4.54. The minimum Gasteiger partial charge on any atom is -0.494 e. The number of rotatable bonds is 2. The van der Waals surface area contributed by atoms with Crippen LogP contribution in [0.4, 0.5) is 19.1 Å². The number of benzene rings is 2. The highest BCUT2D eigenvalue weighted by atomic mass is 19.4. The Balaban J connectivity index is 1.36. The van der Waals surface area contributed by atoms with Gasteiger partial charge in [0.05, 0.1) is 19.8 Å². The van der Waals surface area contributed by atoms with Crippen molar-refractivity contribution in [2.45, 2.75) is 25.6 Å². The molecule has 1 spiro atoms. The van der Waals surface area contributed by atoms with Gasteiger partial charge in [0.1, 0.15) is 11.6 Å². The lowest BCUT2D eigenvalue weighted by atomic mass is 9.85. The largest absolute Gasteiger partial charge is 0.494 e. The van der Waals surface area contributed by atoms with Crippen molar-refractivity contribution in [3.05, 3.63) is 71.0 Å². The minimum absolute atomic E-state index is 0.0827. The Hall–Kier alpha value is -3.97. The molecular formula is C28H31F3N6O4. The molecule has 41 heavy (non-hydrogen) atoms. The third-order valence-electron chi connectivity index (χ3n) is 6.69. The van der Waals surface area contributed by atoms with Gasteiger partial charge >= 0.3 is 12.2 Å². The standard InChI is InChI=1S/C28H31F3N6O4/c29-28(30,31)18-41-26-36-23-12-19-2-6-21(7-3-19)24(38)34-15-27(16-39-17-27)14-32-10-1-11-40-22-8-4-20(5-9-22)13-33-25(35-23)37-26/h2-9,32H,1,10-18H2,(H,34,38)(H,33,35,36,37). The molecule has 5 aliphatic rings. The fraction of sp³-hybridized carbons (Fsp3) is 0.429. The number of hydrogen-bond acceptors (Lipinski definition) is 9. The molecule has 1 fully saturated rings. The molecule has 1 aromatic heterocycles. The lowest BCUT2D eigenvalue weighted by Crippen LogP contribution is -2.56. The molecule has 0 atom stereocenters. The average Bonchev–Trinajstić information content (AvgIpc) is 2.93. The van der Waals surface area contributed by atoms with Gasteiger partial charge < -0.3 is 30.2 Å². The number of alkyl halides is 3. The van der Waals surface area contributed by atoms with Crippen molar-refractivity contribution in [2.24, 2.45) is 5.41 Å². The van der Waals surface area contributed by atoms with Crippen LogP contribution in [-0.4, -0.2) is 73.1 Å². The van der Waals surface area contributed by atoms with Crippen LogP contribution in [0.2, 0.25) is 0 Å². The van der Waals surface area contributed by atoms with Crippen LogP contribution in [0, 0.1) is 5.41 Å². The van der Waals surface area contributed by atoms with Crippen LogP contribution in [0.1, 0.15) is 33.7 Å². The molecule has 2 aromatic carbocycles. The van der Waals surface area contributed by atoms with E-state index in [0.717, 1.165) is 36.4 Å². The molecule has 0 unspecified atom stereocenters. The monoisotopic (exact) mass is 572 g/mol. The first-order chi connectivity index (χ1) is 19.8. The van der Waals surface area contributed by atoms with Crippen molar-refractivity contribution < 1.29 is 32.2 Å². The smallest absolute Gasteiger partial charge is 0.422 e. The van der Waals surface area contributed by atoms with Crippen molar-refractivity contribution >= 4 is 11.9 Å². The van der Waals surface area contributed by atoms with Crippen molar-refractivity contribution in [1.29, 1.82) is 0 Å². The lowest BCUT2D eigenvalue weighted by molar-refractivity contribution is -0.154. The van der Waals surface area contributed by atoms with E-state index in [9.17, 15) is 18.0 Å². The van der Waals surface area contributed by atoms with Gasteiger partial charge in [-0.1, -0.05) is 24.3 Å². The molecule has 0 radical (unpaired) electrons. The Morgan fingerprint density at radius 2 is 1.68 bits per heavy atom. The number of halogens is 3. The molecule has 6 bridgehead atoms. The van der Waals surface area contributed by atoms with E-state index in [1.807, 2.05) is 24.3 Å². The second-order valence-electron chi connectivity index (χ2n) is 10.2. The maximum atomic E-state index is 12.8. The number of nitrogens with one attached hydrogen (secondary N) is 3. The van der Waals surface area contributed by atoms with E-state index < -0.39 is 18.8 Å². The van der Waals surface area contributed by atoms with E-state index >= 15 is 0 Å². The van der Waals surface area contributed by atoms with Crippen molar-refractivity contribution in [2.75, 3.05) is 51.4 Å². The number of anilines is 1. The second-order valence-corrected chi connectivity index (χ2v) is 10.2. The summed E-state index contributed by atoms with van der Waals surface area (Å²) in [5.74, 6) is 0.825. The van der Waals surface area contributed by atoms with E-state index in [2.05, 4.69) is 30.9 Å². The summed E-state index contributed by atoms with van der Waals surface area (Å²) in [6, 6.07) is 13.9. The second kappa shape index (κ2) is 12.7. The average molecular weight is 573 g/mol. The summed E-state index contributed by atoms with van der Waals surface area (Å²) >= 11 is 0. The Kier molecular flexibility index (Phi) is 8.84. The molecule has 8 rings (SSSR count). The highest BCUT2D eigenvalue weighted by molar-refractivity contribution is 5.94. The van der Waals surface area contributed by atoms with Gasteiger partial charge in [-0.15, -0.1) is 0 Å². The zero-order valence-electron chi connectivity index (χ0n) is 22.3. The lowest BCUT2D eigenvalue weighted by Gasteiger charge is -2.41. The van der Waals surface area contributed by atoms with Crippen LogP contribution in [0.15, 0.2) is 48.5 Å².